The van der Waals surface area contributed by atoms with Gasteiger partial charge in [0.2, 0.25) is 0 Å². The van der Waals surface area contributed by atoms with Crippen molar-refractivity contribution >= 4 is 0 Å². The SMILES string of the molecule is N#Cc1cccc(OCC(O)CNCC2CCCC2)c1. The largest absolute Gasteiger partial charge is 0.491 e. The van der Waals surface area contributed by atoms with Gasteiger partial charge < -0.3 is 15.2 Å². The third-order valence-electron chi connectivity index (χ3n) is 3.69. The molecule has 0 aliphatic heterocycles. The van der Waals surface area contributed by atoms with Crippen LogP contribution in [0.4, 0.5) is 0 Å². The molecule has 1 aliphatic carbocycles. The molecule has 1 unspecified atom stereocenters. The number of nitrogens with zero attached hydrogens (tertiary/aromatic N) is 1. The molecule has 4 nitrogen and oxygen atoms in total. The molecule has 1 aromatic rings. The summed E-state index contributed by atoms with van der Waals surface area (Å²) in [7, 11) is 0. The van der Waals surface area contributed by atoms with Crippen LogP contribution in [0.1, 0.15) is 31.2 Å². The number of aliphatic hydroxyl groups is 1. The summed E-state index contributed by atoms with van der Waals surface area (Å²) in [6, 6.07) is 9.04. The van der Waals surface area contributed by atoms with Gasteiger partial charge in [-0.15, -0.1) is 0 Å². The minimum atomic E-state index is -0.526. The lowest BCUT2D eigenvalue weighted by Gasteiger charge is -2.15. The molecule has 2 N–H and O–H groups in total. The lowest BCUT2D eigenvalue weighted by atomic mass is 10.1. The van der Waals surface area contributed by atoms with Gasteiger partial charge in [-0.3, -0.25) is 0 Å². The van der Waals surface area contributed by atoms with Gasteiger partial charge in [-0.05, 0) is 43.5 Å². The summed E-state index contributed by atoms with van der Waals surface area (Å²) in [6.45, 7) is 1.78. The van der Waals surface area contributed by atoms with Crippen LogP contribution >= 0.6 is 0 Å². The number of aliphatic hydroxyl groups excluding tert-OH is 1. The highest BCUT2D eigenvalue weighted by molar-refractivity contribution is 5.36. The van der Waals surface area contributed by atoms with Gasteiger partial charge in [0.1, 0.15) is 18.5 Å². The van der Waals surface area contributed by atoms with Gasteiger partial charge in [-0.25, -0.2) is 0 Å². The van der Waals surface area contributed by atoms with E-state index in [1.54, 1.807) is 24.3 Å². The van der Waals surface area contributed by atoms with E-state index < -0.39 is 6.10 Å². The van der Waals surface area contributed by atoms with Crippen LogP contribution in [0.15, 0.2) is 24.3 Å². The van der Waals surface area contributed by atoms with Gasteiger partial charge in [-0.2, -0.15) is 5.26 Å². The maximum atomic E-state index is 9.86. The number of rotatable bonds is 7. The Morgan fingerprint density at radius 2 is 2.20 bits per heavy atom. The molecular formula is C16H22N2O2. The fraction of sp³-hybridized carbons (Fsp3) is 0.562. The summed E-state index contributed by atoms with van der Waals surface area (Å²) < 4.78 is 5.49. The highest BCUT2D eigenvalue weighted by Crippen LogP contribution is 2.23. The highest BCUT2D eigenvalue weighted by atomic mass is 16.5. The molecule has 0 spiro atoms. The van der Waals surface area contributed by atoms with Crippen LogP contribution in [0.3, 0.4) is 0 Å². The van der Waals surface area contributed by atoms with Crippen molar-refractivity contribution in [3.63, 3.8) is 0 Å². The molecule has 20 heavy (non-hydrogen) atoms. The second kappa shape index (κ2) is 7.88. The van der Waals surface area contributed by atoms with Crippen LogP contribution in [0.25, 0.3) is 0 Å². The molecule has 0 amide bonds. The van der Waals surface area contributed by atoms with E-state index in [0.29, 0.717) is 17.9 Å². The lowest BCUT2D eigenvalue weighted by molar-refractivity contribution is 0.105. The number of ether oxygens (including phenoxy) is 1. The van der Waals surface area contributed by atoms with Gasteiger partial charge in [-0.1, -0.05) is 18.9 Å². The predicted octanol–water partition coefficient (Wildman–Crippen LogP) is 2.08. The third kappa shape index (κ3) is 4.84. The Labute approximate surface area is 120 Å². The number of nitriles is 1. The molecule has 1 saturated carbocycles. The molecule has 1 aliphatic rings. The molecule has 1 atom stereocenters. The van der Waals surface area contributed by atoms with E-state index >= 15 is 0 Å². The van der Waals surface area contributed by atoms with Crippen LogP contribution in [0.5, 0.6) is 5.75 Å². The molecule has 1 aromatic carbocycles. The number of hydrogen-bond acceptors (Lipinski definition) is 4. The van der Waals surface area contributed by atoms with Gasteiger partial charge in [0, 0.05) is 6.54 Å². The van der Waals surface area contributed by atoms with Crippen molar-refractivity contribution in [2.45, 2.75) is 31.8 Å². The Hall–Kier alpha value is -1.57. The van der Waals surface area contributed by atoms with E-state index in [4.69, 9.17) is 10.00 Å². The minimum Gasteiger partial charge on any atom is -0.491 e. The predicted molar refractivity (Wildman–Crippen MR) is 77.5 cm³/mol. The molecule has 0 bridgehead atoms. The van der Waals surface area contributed by atoms with Crippen molar-refractivity contribution in [3.05, 3.63) is 29.8 Å². The van der Waals surface area contributed by atoms with E-state index in [-0.39, 0.29) is 6.61 Å². The standard InChI is InChI=1S/C16H22N2O2/c17-9-14-6-3-7-16(8-14)20-12-15(19)11-18-10-13-4-1-2-5-13/h3,6-8,13,15,18-19H,1-2,4-5,10-12H2. The first kappa shape index (κ1) is 14.8. The molecule has 0 heterocycles. The van der Waals surface area contributed by atoms with Gasteiger partial charge in [0.15, 0.2) is 0 Å². The maximum Gasteiger partial charge on any atom is 0.120 e. The summed E-state index contributed by atoms with van der Waals surface area (Å²) in [5.41, 5.74) is 0.566. The summed E-state index contributed by atoms with van der Waals surface area (Å²) in [6.07, 6.45) is 4.77. The van der Waals surface area contributed by atoms with Crippen molar-refractivity contribution in [3.8, 4) is 11.8 Å². The van der Waals surface area contributed by atoms with E-state index in [1.807, 2.05) is 0 Å². The first-order valence-electron chi connectivity index (χ1n) is 7.29. The van der Waals surface area contributed by atoms with Crippen LogP contribution in [-0.4, -0.2) is 30.9 Å². The second-order valence-electron chi connectivity index (χ2n) is 5.41. The van der Waals surface area contributed by atoms with Crippen molar-refractivity contribution < 1.29 is 9.84 Å². The van der Waals surface area contributed by atoms with Crippen molar-refractivity contribution in [1.29, 1.82) is 5.26 Å². The lowest BCUT2D eigenvalue weighted by Crippen LogP contribution is -2.33. The normalized spacial score (nSPS) is 16.8. The summed E-state index contributed by atoms with van der Waals surface area (Å²) in [5, 5.41) is 22.0. The summed E-state index contributed by atoms with van der Waals surface area (Å²) >= 11 is 0. The topological polar surface area (TPSA) is 65.3 Å². The number of hydrogen-bond donors (Lipinski definition) is 2. The first-order valence-corrected chi connectivity index (χ1v) is 7.29. The average Bonchev–Trinajstić information content (AvgIpc) is 2.98. The van der Waals surface area contributed by atoms with Crippen LogP contribution < -0.4 is 10.1 Å². The monoisotopic (exact) mass is 274 g/mol. The van der Waals surface area contributed by atoms with Gasteiger partial charge in [0.05, 0.1) is 11.6 Å². The zero-order chi connectivity index (χ0) is 14.2. The summed E-state index contributed by atoms with van der Waals surface area (Å²) in [5.74, 6) is 1.40. The minimum absolute atomic E-state index is 0.243. The highest BCUT2D eigenvalue weighted by Gasteiger charge is 2.14. The third-order valence-corrected chi connectivity index (χ3v) is 3.69. The van der Waals surface area contributed by atoms with Gasteiger partial charge in [0.25, 0.3) is 0 Å². The molecule has 0 radical (unpaired) electrons. The average molecular weight is 274 g/mol. The van der Waals surface area contributed by atoms with E-state index in [2.05, 4.69) is 11.4 Å². The van der Waals surface area contributed by atoms with Crippen molar-refractivity contribution in [2.75, 3.05) is 19.7 Å². The quantitative estimate of drug-likeness (QED) is 0.799. The first-order chi connectivity index (χ1) is 9.78. The molecule has 1 fully saturated rings. The smallest absolute Gasteiger partial charge is 0.120 e. The Morgan fingerprint density at radius 1 is 1.40 bits per heavy atom. The Bertz CT molecular complexity index is 450. The van der Waals surface area contributed by atoms with Crippen LogP contribution in [0.2, 0.25) is 0 Å². The van der Waals surface area contributed by atoms with Gasteiger partial charge >= 0.3 is 0 Å². The molecule has 2 rings (SSSR count). The fourth-order valence-electron chi connectivity index (χ4n) is 2.58. The zero-order valence-electron chi connectivity index (χ0n) is 11.7. The van der Waals surface area contributed by atoms with Crippen molar-refractivity contribution in [2.24, 2.45) is 5.92 Å². The second-order valence-corrected chi connectivity index (χ2v) is 5.41. The molecular weight excluding hydrogens is 252 g/mol. The van der Waals surface area contributed by atoms with Crippen LogP contribution in [-0.2, 0) is 0 Å². The van der Waals surface area contributed by atoms with E-state index in [0.717, 1.165) is 12.5 Å². The Morgan fingerprint density at radius 3 is 2.95 bits per heavy atom. The van der Waals surface area contributed by atoms with Crippen molar-refractivity contribution in [1.82, 2.24) is 5.32 Å². The summed E-state index contributed by atoms with van der Waals surface area (Å²) in [4.78, 5) is 0. The molecule has 0 aromatic heterocycles. The van der Waals surface area contributed by atoms with E-state index in [9.17, 15) is 5.11 Å². The number of benzene rings is 1. The maximum absolute atomic E-state index is 9.86. The molecule has 0 saturated heterocycles. The zero-order valence-corrected chi connectivity index (χ0v) is 11.7. The van der Waals surface area contributed by atoms with Crippen LogP contribution in [0, 0.1) is 17.2 Å². The van der Waals surface area contributed by atoms with E-state index in [1.165, 1.54) is 25.7 Å². The molecule has 108 valence electrons. The number of nitrogens with one attached hydrogen (secondary N) is 1. The Balaban J connectivity index is 1.64. The Kier molecular flexibility index (Phi) is 5.85. The molecule has 4 heteroatoms. The fourth-order valence-corrected chi connectivity index (χ4v) is 2.58.